The van der Waals surface area contributed by atoms with Crippen LogP contribution in [0, 0.1) is 12.7 Å². The molecule has 0 unspecified atom stereocenters. The molecule has 1 heterocycles. The lowest BCUT2D eigenvalue weighted by Gasteiger charge is -2.13. The van der Waals surface area contributed by atoms with Gasteiger partial charge in [0.05, 0.1) is 18.0 Å². The Morgan fingerprint density at radius 2 is 1.96 bits per heavy atom. The Balaban J connectivity index is 2.18. The van der Waals surface area contributed by atoms with Gasteiger partial charge in [-0.15, -0.1) is 0 Å². The summed E-state index contributed by atoms with van der Waals surface area (Å²) in [5.74, 6) is -1.91. The summed E-state index contributed by atoms with van der Waals surface area (Å²) < 4.78 is 20.3. The summed E-state index contributed by atoms with van der Waals surface area (Å²) in [6.07, 6.45) is 0.706. The molecule has 0 aliphatic rings. The van der Waals surface area contributed by atoms with Crippen LogP contribution in [-0.2, 0) is 9.53 Å². The average Bonchev–Trinajstić information content (AvgIpc) is 2.95. The highest BCUT2D eigenvalue weighted by Crippen LogP contribution is 2.35. The molecule has 146 valence electrons. The predicted molar refractivity (Wildman–Crippen MR) is 104 cm³/mol. The number of esters is 1. The monoisotopic (exact) mass is 383 g/mol. The van der Waals surface area contributed by atoms with Gasteiger partial charge < -0.3 is 9.84 Å². The van der Waals surface area contributed by atoms with Gasteiger partial charge in [-0.1, -0.05) is 13.0 Å². The van der Waals surface area contributed by atoms with Crippen LogP contribution in [0.3, 0.4) is 0 Å². The van der Waals surface area contributed by atoms with Crippen LogP contribution in [0.4, 0.5) is 4.39 Å². The van der Waals surface area contributed by atoms with Crippen molar-refractivity contribution in [2.24, 2.45) is 0 Å². The Hall–Kier alpha value is -3.15. The summed E-state index contributed by atoms with van der Waals surface area (Å²) in [6, 6.07) is 10.1. The number of benzene rings is 2. The second-order valence-corrected chi connectivity index (χ2v) is 6.74. The van der Waals surface area contributed by atoms with Gasteiger partial charge in [-0.05, 0) is 62.2 Å². The highest BCUT2D eigenvalue weighted by atomic mass is 19.1. The largest absolute Gasteiger partial charge is 0.508 e. The fourth-order valence-corrected chi connectivity index (χ4v) is 3.44. The summed E-state index contributed by atoms with van der Waals surface area (Å²) >= 11 is 0. The summed E-state index contributed by atoms with van der Waals surface area (Å²) in [5, 5.41) is 10.5. The number of nitrogens with zero attached hydrogens (tertiary/aromatic N) is 1. The van der Waals surface area contributed by atoms with Crippen LogP contribution in [0.25, 0.3) is 10.9 Å². The maximum absolute atomic E-state index is 13.6. The number of fused-ring (bicyclic) bond motifs is 1. The molecular weight excluding hydrogens is 361 g/mol. The van der Waals surface area contributed by atoms with Gasteiger partial charge in [0.2, 0.25) is 0 Å². The molecule has 5 nitrogen and oxygen atoms in total. The maximum Gasteiger partial charge on any atom is 0.313 e. The Labute approximate surface area is 162 Å². The van der Waals surface area contributed by atoms with E-state index in [9.17, 15) is 19.1 Å². The Kier molecular flexibility index (Phi) is 5.49. The molecule has 0 aliphatic heterocycles. The standard InChI is InChI=1S/C22H22FNO4/c1-4-10-28-22(27)13(2)20-14(3)24(19-9-8-17(25)12-18(19)20)21(26)15-6-5-7-16(23)11-15/h5-9,11-13,25H,4,10H2,1-3H3/t13-/m0/s1. The molecule has 0 saturated heterocycles. The van der Waals surface area contributed by atoms with E-state index in [0.29, 0.717) is 35.2 Å². The molecule has 3 rings (SSSR count). The van der Waals surface area contributed by atoms with E-state index in [2.05, 4.69) is 0 Å². The van der Waals surface area contributed by atoms with Gasteiger partial charge in [-0.3, -0.25) is 14.2 Å². The molecule has 3 aromatic rings. The van der Waals surface area contributed by atoms with E-state index in [1.807, 2.05) is 6.92 Å². The second kappa shape index (κ2) is 7.84. The van der Waals surface area contributed by atoms with Crippen LogP contribution in [0.2, 0.25) is 0 Å². The van der Waals surface area contributed by atoms with Gasteiger partial charge in [-0.2, -0.15) is 0 Å². The van der Waals surface area contributed by atoms with Crippen molar-refractivity contribution in [3.05, 3.63) is 65.1 Å². The highest BCUT2D eigenvalue weighted by Gasteiger charge is 2.27. The van der Waals surface area contributed by atoms with Gasteiger partial charge in [-0.25, -0.2) is 4.39 Å². The van der Waals surface area contributed by atoms with E-state index in [1.54, 1.807) is 19.9 Å². The fourth-order valence-electron chi connectivity index (χ4n) is 3.44. The first-order valence-electron chi connectivity index (χ1n) is 9.16. The molecule has 0 radical (unpaired) electrons. The van der Waals surface area contributed by atoms with Gasteiger partial charge in [0, 0.05) is 16.6 Å². The molecule has 2 aromatic carbocycles. The summed E-state index contributed by atoms with van der Waals surface area (Å²) in [7, 11) is 0. The van der Waals surface area contributed by atoms with Gasteiger partial charge in [0.25, 0.3) is 5.91 Å². The molecular formula is C22H22FNO4. The van der Waals surface area contributed by atoms with Crippen LogP contribution < -0.4 is 0 Å². The molecule has 0 bridgehead atoms. The Morgan fingerprint density at radius 3 is 2.64 bits per heavy atom. The maximum atomic E-state index is 13.6. The lowest BCUT2D eigenvalue weighted by molar-refractivity contribution is -0.145. The Bertz CT molecular complexity index is 1050. The third kappa shape index (κ3) is 3.50. The van der Waals surface area contributed by atoms with Crippen molar-refractivity contribution in [3.63, 3.8) is 0 Å². The van der Waals surface area contributed by atoms with Crippen molar-refractivity contribution in [1.82, 2.24) is 4.57 Å². The SMILES string of the molecule is CCCOC(=O)[C@@H](C)c1c(C)n(C(=O)c2cccc(F)c2)c2ccc(O)cc12. The summed E-state index contributed by atoms with van der Waals surface area (Å²) in [6.45, 7) is 5.66. The molecule has 1 aromatic heterocycles. The van der Waals surface area contributed by atoms with Gasteiger partial charge >= 0.3 is 5.97 Å². The van der Waals surface area contributed by atoms with Crippen molar-refractivity contribution in [3.8, 4) is 5.75 Å². The average molecular weight is 383 g/mol. The zero-order valence-corrected chi connectivity index (χ0v) is 16.0. The number of halogens is 1. The molecule has 0 fully saturated rings. The quantitative estimate of drug-likeness (QED) is 0.657. The fraction of sp³-hybridized carbons (Fsp3) is 0.273. The molecule has 0 spiro atoms. The number of hydrogen-bond acceptors (Lipinski definition) is 4. The smallest absolute Gasteiger partial charge is 0.313 e. The first-order chi connectivity index (χ1) is 13.3. The zero-order valence-electron chi connectivity index (χ0n) is 16.0. The topological polar surface area (TPSA) is 68.5 Å². The van der Waals surface area contributed by atoms with Gasteiger partial charge in [0.15, 0.2) is 0 Å². The number of phenolic OH excluding ortho intramolecular Hbond substituents is 1. The molecule has 1 atom stereocenters. The first-order valence-corrected chi connectivity index (χ1v) is 9.16. The molecule has 6 heteroatoms. The molecule has 0 saturated carbocycles. The van der Waals surface area contributed by atoms with E-state index in [1.165, 1.54) is 41.0 Å². The van der Waals surface area contributed by atoms with Crippen molar-refractivity contribution in [2.45, 2.75) is 33.1 Å². The van der Waals surface area contributed by atoms with Crippen molar-refractivity contribution < 1.29 is 23.8 Å². The van der Waals surface area contributed by atoms with Crippen LogP contribution >= 0.6 is 0 Å². The molecule has 1 N–H and O–H groups in total. The minimum atomic E-state index is -0.627. The van der Waals surface area contributed by atoms with Crippen molar-refractivity contribution in [1.29, 1.82) is 0 Å². The number of carbonyl (C=O) groups excluding carboxylic acids is 2. The molecule has 0 amide bonds. The van der Waals surface area contributed by atoms with E-state index in [4.69, 9.17) is 4.74 Å². The number of hydrogen-bond donors (Lipinski definition) is 1. The number of phenols is 1. The normalized spacial score (nSPS) is 12.1. The number of carbonyl (C=O) groups is 2. The van der Waals surface area contributed by atoms with Crippen LogP contribution in [0.15, 0.2) is 42.5 Å². The lowest BCUT2D eigenvalue weighted by Crippen LogP contribution is -2.17. The van der Waals surface area contributed by atoms with E-state index in [-0.39, 0.29) is 11.3 Å². The third-order valence-corrected chi connectivity index (χ3v) is 4.75. The van der Waals surface area contributed by atoms with E-state index in [0.717, 1.165) is 0 Å². The van der Waals surface area contributed by atoms with E-state index >= 15 is 0 Å². The third-order valence-electron chi connectivity index (χ3n) is 4.75. The number of aromatic nitrogens is 1. The van der Waals surface area contributed by atoms with Crippen LogP contribution in [0.1, 0.15) is 47.8 Å². The summed E-state index contributed by atoms with van der Waals surface area (Å²) in [4.78, 5) is 25.6. The number of ether oxygens (including phenoxy) is 1. The minimum Gasteiger partial charge on any atom is -0.508 e. The number of aromatic hydroxyl groups is 1. The summed E-state index contributed by atoms with van der Waals surface area (Å²) in [5.41, 5.74) is 1.89. The molecule has 28 heavy (non-hydrogen) atoms. The lowest BCUT2D eigenvalue weighted by atomic mass is 9.98. The highest BCUT2D eigenvalue weighted by molar-refractivity contribution is 6.05. The van der Waals surface area contributed by atoms with Crippen molar-refractivity contribution >= 4 is 22.8 Å². The minimum absolute atomic E-state index is 0.0261. The zero-order chi connectivity index (χ0) is 20.4. The molecule has 0 aliphatic carbocycles. The van der Waals surface area contributed by atoms with Gasteiger partial charge in [0.1, 0.15) is 11.6 Å². The number of rotatable bonds is 5. The first kappa shape index (κ1) is 19.6. The Morgan fingerprint density at radius 1 is 1.21 bits per heavy atom. The predicted octanol–water partition coefficient (Wildman–Crippen LogP) is 4.54. The van der Waals surface area contributed by atoms with Crippen LogP contribution in [-0.4, -0.2) is 28.2 Å². The van der Waals surface area contributed by atoms with E-state index < -0.39 is 23.6 Å². The second-order valence-electron chi connectivity index (χ2n) is 6.74. The van der Waals surface area contributed by atoms with Crippen molar-refractivity contribution in [2.75, 3.05) is 6.61 Å². The van der Waals surface area contributed by atoms with Crippen LogP contribution in [0.5, 0.6) is 5.75 Å².